The normalized spacial score (nSPS) is 17.4. The zero-order chi connectivity index (χ0) is 15.2. The first-order chi connectivity index (χ1) is 10.8. The molecule has 0 saturated carbocycles. The maximum Gasteiger partial charge on any atom is 0.128 e. The fourth-order valence-corrected chi connectivity index (χ4v) is 2.95. The van der Waals surface area contributed by atoms with Crippen LogP contribution in [-0.2, 0) is 6.42 Å². The van der Waals surface area contributed by atoms with Crippen LogP contribution < -0.4 is 4.90 Å². The predicted octanol–water partition coefficient (Wildman–Crippen LogP) is 1.81. The van der Waals surface area contributed by atoms with Crippen molar-refractivity contribution in [3.63, 3.8) is 0 Å². The van der Waals surface area contributed by atoms with E-state index in [0.717, 1.165) is 45.0 Å². The molecule has 0 bridgehead atoms. The molecule has 0 spiro atoms. The fourth-order valence-electron chi connectivity index (χ4n) is 2.95. The van der Waals surface area contributed by atoms with Gasteiger partial charge in [0.1, 0.15) is 5.82 Å². The molecule has 1 aromatic heterocycles. The number of aliphatic hydroxyl groups excluding tert-OH is 1. The van der Waals surface area contributed by atoms with E-state index in [1.165, 1.54) is 5.56 Å². The van der Waals surface area contributed by atoms with Gasteiger partial charge in [0.15, 0.2) is 0 Å². The predicted molar refractivity (Wildman–Crippen MR) is 89.0 cm³/mol. The molecule has 1 fully saturated rings. The summed E-state index contributed by atoms with van der Waals surface area (Å²) in [6.07, 6.45) is 2.26. The standard InChI is InChI=1S/C18H23N3O/c22-17(14-16-6-2-1-3-7-16)15-20-10-12-21(13-11-20)18-8-4-5-9-19-18/h1-9,17,22H,10-15H2. The summed E-state index contributed by atoms with van der Waals surface area (Å²) in [5.41, 5.74) is 1.20. The number of piperazine rings is 1. The van der Waals surface area contributed by atoms with E-state index in [0.29, 0.717) is 0 Å². The Morgan fingerprint density at radius 1 is 0.955 bits per heavy atom. The maximum atomic E-state index is 10.3. The number of hydrogen-bond acceptors (Lipinski definition) is 4. The molecular formula is C18H23N3O. The van der Waals surface area contributed by atoms with E-state index in [4.69, 9.17) is 0 Å². The van der Waals surface area contributed by atoms with E-state index in [1.807, 2.05) is 36.5 Å². The van der Waals surface area contributed by atoms with Crippen LogP contribution in [0.2, 0.25) is 0 Å². The molecule has 0 aliphatic carbocycles. The van der Waals surface area contributed by atoms with Gasteiger partial charge in [-0.3, -0.25) is 4.90 Å². The van der Waals surface area contributed by atoms with Crippen LogP contribution in [0.1, 0.15) is 5.56 Å². The van der Waals surface area contributed by atoms with E-state index in [1.54, 1.807) is 0 Å². The molecule has 1 atom stereocenters. The third-order valence-corrected chi connectivity index (χ3v) is 4.13. The average Bonchev–Trinajstić information content (AvgIpc) is 2.57. The van der Waals surface area contributed by atoms with Crippen molar-refractivity contribution in [3.05, 3.63) is 60.3 Å². The molecule has 4 nitrogen and oxygen atoms in total. The number of hydrogen-bond donors (Lipinski definition) is 1. The lowest BCUT2D eigenvalue weighted by molar-refractivity contribution is 0.109. The minimum Gasteiger partial charge on any atom is -0.391 e. The molecule has 3 rings (SSSR count). The third-order valence-electron chi connectivity index (χ3n) is 4.13. The number of rotatable bonds is 5. The van der Waals surface area contributed by atoms with Crippen molar-refractivity contribution >= 4 is 5.82 Å². The van der Waals surface area contributed by atoms with Gasteiger partial charge in [0.2, 0.25) is 0 Å². The summed E-state index contributed by atoms with van der Waals surface area (Å²) in [6.45, 7) is 4.62. The van der Waals surface area contributed by atoms with Gasteiger partial charge in [0.05, 0.1) is 6.10 Å². The van der Waals surface area contributed by atoms with Gasteiger partial charge in [-0.1, -0.05) is 36.4 Å². The maximum absolute atomic E-state index is 10.3. The van der Waals surface area contributed by atoms with Crippen LogP contribution in [-0.4, -0.2) is 53.8 Å². The molecule has 2 heterocycles. The van der Waals surface area contributed by atoms with Gasteiger partial charge in [0.25, 0.3) is 0 Å². The van der Waals surface area contributed by atoms with Crippen LogP contribution >= 0.6 is 0 Å². The first kappa shape index (κ1) is 15.0. The number of pyridine rings is 1. The van der Waals surface area contributed by atoms with Crippen molar-refractivity contribution in [2.24, 2.45) is 0 Å². The number of benzene rings is 1. The van der Waals surface area contributed by atoms with E-state index >= 15 is 0 Å². The molecule has 1 N–H and O–H groups in total. The molecule has 116 valence electrons. The molecule has 1 saturated heterocycles. The highest BCUT2D eigenvalue weighted by Gasteiger charge is 2.19. The smallest absolute Gasteiger partial charge is 0.128 e. The topological polar surface area (TPSA) is 39.6 Å². The average molecular weight is 297 g/mol. The monoisotopic (exact) mass is 297 g/mol. The molecule has 0 radical (unpaired) electrons. The minimum absolute atomic E-state index is 0.302. The zero-order valence-electron chi connectivity index (χ0n) is 12.8. The summed E-state index contributed by atoms with van der Waals surface area (Å²) in [6, 6.07) is 16.2. The zero-order valence-corrected chi connectivity index (χ0v) is 12.8. The highest BCUT2D eigenvalue weighted by Crippen LogP contribution is 2.13. The third kappa shape index (κ3) is 4.06. The summed E-state index contributed by atoms with van der Waals surface area (Å²) in [7, 11) is 0. The number of aromatic nitrogens is 1. The van der Waals surface area contributed by atoms with Gasteiger partial charge in [-0.05, 0) is 24.1 Å². The van der Waals surface area contributed by atoms with Crippen molar-refractivity contribution in [2.45, 2.75) is 12.5 Å². The van der Waals surface area contributed by atoms with Crippen LogP contribution in [0, 0.1) is 0 Å². The summed E-state index contributed by atoms with van der Waals surface area (Å²) in [4.78, 5) is 9.05. The highest BCUT2D eigenvalue weighted by atomic mass is 16.3. The molecule has 1 aliphatic heterocycles. The van der Waals surface area contributed by atoms with Gasteiger partial charge in [0, 0.05) is 38.9 Å². The first-order valence-corrected chi connectivity index (χ1v) is 7.91. The van der Waals surface area contributed by atoms with Gasteiger partial charge in [-0.15, -0.1) is 0 Å². The lowest BCUT2D eigenvalue weighted by Gasteiger charge is -2.36. The lowest BCUT2D eigenvalue weighted by Crippen LogP contribution is -2.49. The Hall–Kier alpha value is -1.91. The second-order valence-electron chi connectivity index (χ2n) is 5.82. The second-order valence-corrected chi connectivity index (χ2v) is 5.82. The van der Waals surface area contributed by atoms with Crippen molar-refractivity contribution in [3.8, 4) is 0 Å². The Balaban J connectivity index is 1.46. The molecule has 1 aromatic carbocycles. The SMILES string of the molecule is OC(Cc1ccccc1)CN1CCN(c2ccccn2)CC1. The number of β-amino-alcohol motifs (C(OH)–C–C–N with tert-alkyl or cyclic N) is 1. The molecule has 1 aliphatic rings. The lowest BCUT2D eigenvalue weighted by atomic mass is 10.1. The Morgan fingerprint density at radius 2 is 1.68 bits per heavy atom. The number of nitrogens with zero attached hydrogens (tertiary/aromatic N) is 3. The highest BCUT2D eigenvalue weighted by molar-refractivity contribution is 5.38. The quantitative estimate of drug-likeness (QED) is 0.913. The van der Waals surface area contributed by atoms with Crippen molar-refractivity contribution in [1.29, 1.82) is 0 Å². The van der Waals surface area contributed by atoms with Gasteiger partial charge in [-0.25, -0.2) is 4.98 Å². The van der Waals surface area contributed by atoms with Crippen LogP contribution in [0.4, 0.5) is 5.82 Å². The summed E-state index contributed by atoms with van der Waals surface area (Å²) < 4.78 is 0. The van der Waals surface area contributed by atoms with Crippen LogP contribution in [0.5, 0.6) is 0 Å². The second kappa shape index (κ2) is 7.38. The fraction of sp³-hybridized carbons (Fsp3) is 0.389. The Labute approximate surface area is 132 Å². The Bertz CT molecular complexity index is 553. The molecular weight excluding hydrogens is 274 g/mol. The molecule has 1 unspecified atom stereocenters. The summed E-state index contributed by atoms with van der Waals surface area (Å²) in [5.74, 6) is 1.05. The van der Waals surface area contributed by atoms with Crippen LogP contribution in [0.25, 0.3) is 0 Å². The van der Waals surface area contributed by atoms with Gasteiger partial charge < -0.3 is 10.0 Å². The number of anilines is 1. The first-order valence-electron chi connectivity index (χ1n) is 7.91. The van der Waals surface area contributed by atoms with E-state index in [-0.39, 0.29) is 6.10 Å². The molecule has 0 amide bonds. The molecule has 22 heavy (non-hydrogen) atoms. The minimum atomic E-state index is -0.302. The van der Waals surface area contributed by atoms with Gasteiger partial charge >= 0.3 is 0 Å². The van der Waals surface area contributed by atoms with Crippen molar-refractivity contribution in [1.82, 2.24) is 9.88 Å². The largest absolute Gasteiger partial charge is 0.391 e. The summed E-state index contributed by atoms with van der Waals surface area (Å²) in [5, 5.41) is 10.3. The molecule has 2 aromatic rings. The van der Waals surface area contributed by atoms with E-state index in [2.05, 4.69) is 33.0 Å². The summed E-state index contributed by atoms with van der Waals surface area (Å²) >= 11 is 0. The number of aliphatic hydroxyl groups is 1. The van der Waals surface area contributed by atoms with Crippen molar-refractivity contribution in [2.75, 3.05) is 37.6 Å². The molecule has 4 heteroatoms. The van der Waals surface area contributed by atoms with Gasteiger partial charge in [-0.2, -0.15) is 0 Å². The van der Waals surface area contributed by atoms with Crippen molar-refractivity contribution < 1.29 is 5.11 Å². The Morgan fingerprint density at radius 3 is 2.36 bits per heavy atom. The van der Waals surface area contributed by atoms with E-state index in [9.17, 15) is 5.11 Å². The van der Waals surface area contributed by atoms with Crippen LogP contribution in [0.3, 0.4) is 0 Å². The van der Waals surface area contributed by atoms with Crippen LogP contribution in [0.15, 0.2) is 54.7 Å². The van der Waals surface area contributed by atoms with E-state index < -0.39 is 0 Å². The Kier molecular flexibility index (Phi) is 5.03.